The lowest BCUT2D eigenvalue weighted by molar-refractivity contribution is -0.117. The Bertz CT molecular complexity index is 1000. The molecular formula is C16H15N5O4. The lowest BCUT2D eigenvalue weighted by Gasteiger charge is -2.06. The van der Waals surface area contributed by atoms with Crippen molar-refractivity contribution in [3.63, 3.8) is 0 Å². The third-order valence-electron chi connectivity index (χ3n) is 3.70. The molecule has 0 aliphatic heterocycles. The molecule has 0 fully saturated rings. The maximum Gasteiger partial charge on any atom is 0.230 e. The van der Waals surface area contributed by atoms with E-state index in [1.165, 1.54) is 20.2 Å². The van der Waals surface area contributed by atoms with Crippen LogP contribution in [0.15, 0.2) is 18.3 Å². The summed E-state index contributed by atoms with van der Waals surface area (Å²) in [7, 11) is 1.48. The van der Waals surface area contributed by atoms with E-state index in [1.54, 1.807) is 12.1 Å². The van der Waals surface area contributed by atoms with E-state index in [-0.39, 0.29) is 17.8 Å². The van der Waals surface area contributed by atoms with E-state index >= 15 is 0 Å². The second-order valence-electron chi connectivity index (χ2n) is 5.40. The van der Waals surface area contributed by atoms with Crippen LogP contribution in [0.3, 0.4) is 0 Å². The molecule has 1 aromatic carbocycles. The minimum Gasteiger partial charge on any atom is -0.496 e. The number of fused-ring (bicyclic) bond motifs is 1. The van der Waals surface area contributed by atoms with Gasteiger partial charge in [-0.05, 0) is 12.1 Å². The summed E-state index contributed by atoms with van der Waals surface area (Å²) in [6.45, 7) is 1.21. The van der Waals surface area contributed by atoms with E-state index in [4.69, 9.17) is 10.5 Å². The number of aromatic amines is 2. The maximum absolute atomic E-state index is 12.1. The minimum atomic E-state index is -0.617. The van der Waals surface area contributed by atoms with Gasteiger partial charge in [0.1, 0.15) is 5.75 Å². The second-order valence-corrected chi connectivity index (χ2v) is 5.40. The molecule has 0 spiro atoms. The SMILES string of the molecule is COc1ccc(-c2nc(CC(N)=O)n[nH]2)c2[nH]cc(C(=O)C(C)=O)c12. The Morgan fingerprint density at radius 3 is 2.68 bits per heavy atom. The first-order valence-electron chi connectivity index (χ1n) is 7.35. The summed E-state index contributed by atoms with van der Waals surface area (Å²) >= 11 is 0. The first-order valence-corrected chi connectivity index (χ1v) is 7.35. The third kappa shape index (κ3) is 2.87. The van der Waals surface area contributed by atoms with Crippen LogP contribution in [0.25, 0.3) is 22.3 Å². The molecule has 0 saturated heterocycles. The Balaban J connectivity index is 2.18. The summed E-state index contributed by atoms with van der Waals surface area (Å²) in [4.78, 5) is 41.8. The number of benzene rings is 1. The molecule has 0 atom stereocenters. The molecule has 25 heavy (non-hydrogen) atoms. The zero-order valence-electron chi connectivity index (χ0n) is 13.5. The molecule has 128 valence electrons. The van der Waals surface area contributed by atoms with Crippen molar-refractivity contribution in [2.45, 2.75) is 13.3 Å². The summed E-state index contributed by atoms with van der Waals surface area (Å²) in [5.41, 5.74) is 6.53. The Morgan fingerprint density at radius 2 is 2.04 bits per heavy atom. The molecule has 0 saturated carbocycles. The Hall–Kier alpha value is -3.49. The van der Waals surface area contributed by atoms with Crippen LogP contribution in [-0.2, 0) is 16.0 Å². The molecule has 0 bridgehead atoms. The second kappa shape index (κ2) is 6.19. The van der Waals surface area contributed by atoms with Crippen molar-refractivity contribution in [3.8, 4) is 17.1 Å². The van der Waals surface area contributed by atoms with Crippen LogP contribution >= 0.6 is 0 Å². The van der Waals surface area contributed by atoms with Crippen molar-refractivity contribution in [1.29, 1.82) is 0 Å². The first kappa shape index (κ1) is 16.4. The number of carbonyl (C=O) groups is 3. The summed E-state index contributed by atoms with van der Waals surface area (Å²) in [6, 6.07) is 3.40. The number of H-pyrrole nitrogens is 2. The Morgan fingerprint density at radius 1 is 1.28 bits per heavy atom. The van der Waals surface area contributed by atoms with Gasteiger partial charge in [0.25, 0.3) is 0 Å². The number of amides is 1. The fraction of sp³-hybridized carbons (Fsp3) is 0.188. The molecule has 2 aromatic heterocycles. The largest absolute Gasteiger partial charge is 0.496 e. The molecule has 9 nitrogen and oxygen atoms in total. The fourth-order valence-corrected chi connectivity index (χ4v) is 2.61. The number of nitrogens with zero attached hydrogens (tertiary/aromatic N) is 2. The molecule has 3 rings (SSSR count). The molecule has 3 aromatic rings. The average Bonchev–Trinajstić information content (AvgIpc) is 3.19. The molecular weight excluding hydrogens is 326 g/mol. The van der Waals surface area contributed by atoms with Gasteiger partial charge < -0.3 is 15.5 Å². The monoisotopic (exact) mass is 341 g/mol. The van der Waals surface area contributed by atoms with Crippen LogP contribution in [0, 0.1) is 0 Å². The predicted octanol–water partition coefficient (Wildman–Crippen LogP) is 0.761. The maximum atomic E-state index is 12.1. The van der Waals surface area contributed by atoms with Gasteiger partial charge in [-0.15, -0.1) is 0 Å². The van der Waals surface area contributed by atoms with Crippen molar-refractivity contribution in [1.82, 2.24) is 20.2 Å². The highest BCUT2D eigenvalue weighted by Crippen LogP contribution is 2.35. The van der Waals surface area contributed by atoms with Crippen molar-refractivity contribution in [3.05, 3.63) is 29.7 Å². The zero-order valence-corrected chi connectivity index (χ0v) is 13.5. The lowest BCUT2D eigenvalue weighted by Crippen LogP contribution is -2.14. The Kier molecular flexibility index (Phi) is 4.05. The molecule has 0 radical (unpaired) electrons. The fourth-order valence-electron chi connectivity index (χ4n) is 2.61. The number of hydrogen-bond donors (Lipinski definition) is 3. The van der Waals surface area contributed by atoms with Gasteiger partial charge in [-0.25, -0.2) is 4.98 Å². The van der Waals surface area contributed by atoms with E-state index in [9.17, 15) is 14.4 Å². The molecule has 9 heteroatoms. The van der Waals surface area contributed by atoms with E-state index < -0.39 is 17.5 Å². The van der Waals surface area contributed by atoms with Crippen molar-refractivity contribution < 1.29 is 19.1 Å². The highest BCUT2D eigenvalue weighted by Gasteiger charge is 2.22. The minimum absolute atomic E-state index is 0.0887. The number of aromatic nitrogens is 4. The van der Waals surface area contributed by atoms with Crippen LogP contribution in [0.1, 0.15) is 23.1 Å². The molecule has 0 aliphatic rings. The number of rotatable bonds is 6. The Labute approximate surface area is 141 Å². The summed E-state index contributed by atoms with van der Waals surface area (Å²) in [5, 5.41) is 7.17. The number of ketones is 2. The van der Waals surface area contributed by atoms with Crippen molar-refractivity contribution in [2.24, 2.45) is 5.73 Å². The number of nitrogens with two attached hydrogens (primary N) is 1. The van der Waals surface area contributed by atoms with Gasteiger partial charge in [0, 0.05) is 18.7 Å². The van der Waals surface area contributed by atoms with Gasteiger partial charge in [0.05, 0.1) is 30.0 Å². The van der Waals surface area contributed by atoms with Crippen molar-refractivity contribution in [2.75, 3.05) is 7.11 Å². The zero-order chi connectivity index (χ0) is 18.1. The smallest absolute Gasteiger partial charge is 0.230 e. The number of Topliss-reactive ketones (excluding diaryl/α,β-unsaturated/α-hetero) is 2. The van der Waals surface area contributed by atoms with Crippen LogP contribution in [0.2, 0.25) is 0 Å². The highest BCUT2D eigenvalue weighted by molar-refractivity contribution is 6.45. The standard InChI is InChI=1S/C16H15N5O4/c1-7(22)15(24)9-6-18-14-8(3-4-10(25-2)13(9)14)16-19-12(20-21-16)5-11(17)23/h3-4,6,18H,5H2,1-2H3,(H2,17,23)(H,19,20,21). The van der Waals surface area contributed by atoms with Gasteiger partial charge in [0.15, 0.2) is 17.4 Å². The van der Waals surface area contributed by atoms with E-state index in [1.807, 2.05) is 0 Å². The van der Waals surface area contributed by atoms with Crippen LogP contribution in [-0.4, -0.2) is 44.7 Å². The summed E-state index contributed by atoms with van der Waals surface area (Å²) < 4.78 is 5.31. The number of carbonyl (C=O) groups excluding carboxylic acids is 3. The van der Waals surface area contributed by atoms with Gasteiger partial charge in [0.2, 0.25) is 11.7 Å². The quantitative estimate of drug-likeness (QED) is 0.446. The predicted molar refractivity (Wildman–Crippen MR) is 88.1 cm³/mol. The number of primary amides is 1. The van der Waals surface area contributed by atoms with Crippen LogP contribution in [0.5, 0.6) is 5.75 Å². The lowest BCUT2D eigenvalue weighted by atomic mass is 10.0. The first-order chi connectivity index (χ1) is 11.9. The number of hydrogen-bond acceptors (Lipinski definition) is 6. The van der Waals surface area contributed by atoms with E-state index in [2.05, 4.69) is 20.2 Å². The average molecular weight is 341 g/mol. The van der Waals surface area contributed by atoms with E-state index in [0.717, 1.165) is 0 Å². The van der Waals surface area contributed by atoms with Crippen molar-refractivity contribution >= 4 is 28.4 Å². The van der Waals surface area contributed by atoms with Gasteiger partial charge in [-0.1, -0.05) is 0 Å². The van der Waals surface area contributed by atoms with Crippen LogP contribution < -0.4 is 10.5 Å². The highest BCUT2D eigenvalue weighted by atomic mass is 16.5. The summed E-state index contributed by atoms with van der Waals surface area (Å²) in [6.07, 6.45) is 1.37. The molecule has 0 unspecified atom stereocenters. The number of ether oxygens (including phenoxy) is 1. The molecule has 2 heterocycles. The summed E-state index contributed by atoms with van der Waals surface area (Å²) in [5.74, 6) is -0.628. The van der Waals surface area contributed by atoms with Gasteiger partial charge in [-0.3, -0.25) is 19.5 Å². The normalized spacial score (nSPS) is 10.8. The molecule has 0 aliphatic carbocycles. The number of methoxy groups -OCH3 is 1. The van der Waals surface area contributed by atoms with E-state index in [0.29, 0.717) is 28.0 Å². The topological polar surface area (TPSA) is 144 Å². The molecule has 1 amide bonds. The van der Waals surface area contributed by atoms with Gasteiger partial charge >= 0.3 is 0 Å². The number of nitrogens with one attached hydrogen (secondary N) is 2. The van der Waals surface area contributed by atoms with Crippen LogP contribution in [0.4, 0.5) is 0 Å². The molecule has 4 N–H and O–H groups in total. The van der Waals surface area contributed by atoms with Gasteiger partial charge in [-0.2, -0.15) is 5.10 Å². The third-order valence-corrected chi connectivity index (χ3v) is 3.70.